The van der Waals surface area contributed by atoms with Crippen molar-refractivity contribution < 1.29 is 4.79 Å². The third-order valence-electron chi connectivity index (χ3n) is 4.97. The zero-order valence-electron chi connectivity index (χ0n) is 16.5. The van der Waals surface area contributed by atoms with Crippen LogP contribution in [0.3, 0.4) is 0 Å². The molecule has 7 heteroatoms. The number of fused-ring (bicyclic) bond motifs is 2. The van der Waals surface area contributed by atoms with E-state index < -0.39 is 0 Å². The Labute approximate surface area is 178 Å². The van der Waals surface area contributed by atoms with E-state index in [1.54, 1.807) is 6.21 Å². The van der Waals surface area contributed by atoms with E-state index in [-0.39, 0.29) is 12.5 Å². The molecule has 0 saturated carbocycles. The zero-order chi connectivity index (χ0) is 21.0. The minimum absolute atomic E-state index is 0.0759. The molecular weight excluding hydrogens is 388 g/mol. The van der Waals surface area contributed by atoms with Crippen LogP contribution in [0.1, 0.15) is 5.56 Å². The van der Waals surface area contributed by atoms with Gasteiger partial charge in [0.25, 0.3) is 5.91 Å². The number of hydrazone groups is 1. The number of carbonyl (C=O) groups excluding carboxylic acids is 1. The van der Waals surface area contributed by atoms with E-state index in [4.69, 9.17) is 0 Å². The van der Waals surface area contributed by atoms with Gasteiger partial charge >= 0.3 is 0 Å². The lowest BCUT2D eigenvalue weighted by atomic mass is 9.97. The fraction of sp³-hybridized carbons (Fsp3) is 0.0417. The molecule has 31 heavy (non-hydrogen) atoms. The Kier molecular flexibility index (Phi) is 4.90. The van der Waals surface area contributed by atoms with Crippen LogP contribution in [0.15, 0.2) is 90.0 Å². The summed E-state index contributed by atoms with van der Waals surface area (Å²) in [4.78, 5) is 13.6. The van der Waals surface area contributed by atoms with Gasteiger partial charge in [0.15, 0.2) is 0 Å². The minimum Gasteiger partial charge on any atom is -0.271 e. The summed E-state index contributed by atoms with van der Waals surface area (Å²) in [6.45, 7) is -0.0759. The molecular formula is C24H18N6O. The van der Waals surface area contributed by atoms with Crippen LogP contribution in [0.2, 0.25) is 0 Å². The van der Waals surface area contributed by atoms with E-state index in [1.165, 1.54) is 4.80 Å². The van der Waals surface area contributed by atoms with Crippen molar-refractivity contribution in [2.24, 2.45) is 5.10 Å². The maximum absolute atomic E-state index is 12.3. The van der Waals surface area contributed by atoms with Crippen LogP contribution in [-0.2, 0) is 11.3 Å². The molecule has 0 bridgehead atoms. The van der Waals surface area contributed by atoms with Crippen molar-refractivity contribution in [2.75, 3.05) is 0 Å². The Morgan fingerprint density at radius 1 is 0.903 bits per heavy atom. The molecule has 0 aliphatic carbocycles. The number of benzene rings is 4. The minimum atomic E-state index is -0.335. The van der Waals surface area contributed by atoms with E-state index >= 15 is 0 Å². The SMILES string of the molecule is O=C(Cn1nnc(-c2ccccc2)n1)N/N=C\c1c2ccccc2cc2ccccc12. The second-order valence-electron chi connectivity index (χ2n) is 7.04. The molecule has 1 heterocycles. The summed E-state index contributed by atoms with van der Waals surface area (Å²) < 4.78 is 0. The van der Waals surface area contributed by atoms with Crippen molar-refractivity contribution in [3.63, 3.8) is 0 Å². The molecule has 4 aromatic carbocycles. The van der Waals surface area contributed by atoms with Gasteiger partial charge in [-0.3, -0.25) is 4.79 Å². The maximum atomic E-state index is 12.3. The first kappa shape index (κ1) is 18.6. The fourth-order valence-corrected chi connectivity index (χ4v) is 3.53. The number of rotatable bonds is 5. The van der Waals surface area contributed by atoms with E-state index in [0.29, 0.717) is 5.82 Å². The third kappa shape index (κ3) is 3.89. The van der Waals surface area contributed by atoms with Gasteiger partial charge < -0.3 is 0 Å². The molecule has 0 aliphatic heterocycles. The molecule has 0 spiro atoms. The Balaban J connectivity index is 1.34. The maximum Gasteiger partial charge on any atom is 0.263 e. The number of hydrogen-bond donors (Lipinski definition) is 1. The largest absolute Gasteiger partial charge is 0.271 e. The molecule has 7 nitrogen and oxygen atoms in total. The summed E-state index contributed by atoms with van der Waals surface area (Å²) >= 11 is 0. The van der Waals surface area contributed by atoms with Crippen molar-refractivity contribution in [1.29, 1.82) is 0 Å². The smallest absolute Gasteiger partial charge is 0.263 e. The second-order valence-corrected chi connectivity index (χ2v) is 7.04. The summed E-state index contributed by atoms with van der Waals surface area (Å²) in [5, 5.41) is 20.8. The summed E-state index contributed by atoms with van der Waals surface area (Å²) in [5.74, 6) is 0.136. The Morgan fingerprint density at radius 3 is 2.26 bits per heavy atom. The highest BCUT2D eigenvalue weighted by atomic mass is 16.2. The first-order valence-corrected chi connectivity index (χ1v) is 9.83. The van der Waals surface area contributed by atoms with Crippen LogP contribution in [-0.4, -0.2) is 32.3 Å². The number of aromatic nitrogens is 4. The second kappa shape index (κ2) is 8.16. The van der Waals surface area contributed by atoms with Crippen molar-refractivity contribution >= 4 is 33.7 Å². The van der Waals surface area contributed by atoms with Crippen molar-refractivity contribution in [2.45, 2.75) is 6.54 Å². The topological polar surface area (TPSA) is 85.1 Å². The molecule has 5 rings (SSSR count). The molecule has 5 aromatic rings. The van der Waals surface area contributed by atoms with Crippen LogP contribution < -0.4 is 5.43 Å². The summed E-state index contributed by atoms with van der Waals surface area (Å²) in [6, 6.07) is 27.9. The quantitative estimate of drug-likeness (QED) is 0.273. The molecule has 0 fully saturated rings. The number of nitrogens with one attached hydrogen (secondary N) is 1. The van der Waals surface area contributed by atoms with Crippen molar-refractivity contribution in [3.05, 3.63) is 90.5 Å². The van der Waals surface area contributed by atoms with Gasteiger partial charge in [-0.05, 0) is 32.8 Å². The summed E-state index contributed by atoms with van der Waals surface area (Å²) in [5.41, 5.74) is 4.36. The van der Waals surface area contributed by atoms with Gasteiger partial charge in [-0.15, -0.1) is 10.2 Å². The Bertz CT molecular complexity index is 1350. The van der Waals surface area contributed by atoms with Gasteiger partial charge in [0.2, 0.25) is 5.82 Å². The van der Waals surface area contributed by atoms with Crippen LogP contribution in [0, 0.1) is 0 Å². The average molecular weight is 406 g/mol. The van der Waals surface area contributed by atoms with Gasteiger partial charge in [-0.25, -0.2) is 5.43 Å². The number of amides is 1. The summed E-state index contributed by atoms with van der Waals surface area (Å²) in [7, 11) is 0. The van der Waals surface area contributed by atoms with Gasteiger partial charge in [-0.2, -0.15) is 9.90 Å². The highest BCUT2D eigenvalue weighted by molar-refractivity contribution is 6.13. The molecule has 0 atom stereocenters. The number of hydrogen-bond acceptors (Lipinski definition) is 5. The Morgan fingerprint density at radius 2 is 1.55 bits per heavy atom. The molecule has 1 amide bonds. The van der Waals surface area contributed by atoms with Gasteiger partial charge in [0.1, 0.15) is 6.54 Å². The van der Waals surface area contributed by atoms with Gasteiger partial charge in [-0.1, -0.05) is 78.9 Å². The van der Waals surface area contributed by atoms with Crippen LogP contribution in [0.5, 0.6) is 0 Å². The molecule has 1 aromatic heterocycles. The van der Waals surface area contributed by atoms with E-state index in [0.717, 1.165) is 32.7 Å². The lowest BCUT2D eigenvalue weighted by molar-refractivity contribution is -0.122. The molecule has 1 N–H and O–H groups in total. The van der Waals surface area contributed by atoms with Crippen molar-refractivity contribution in [1.82, 2.24) is 25.6 Å². The fourth-order valence-electron chi connectivity index (χ4n) is 3.53. The monoisotopic (exact) mass is 406 g/mol. The first-order chi connectivity index (χ1) is 15.3. The summed E-state index contributed by atoms with van der Waals surface area (Å²) in [6.07, 6.45) is 1.69. The third-order valence-corrected chi connectivity index (χ3v) is 4.97. The first-order valence-electron chi connectivity index (χ1n) is 9.83. The molecule has 0 unspecified atom stereocenters. The van der Waals surface area contributed by atoms with Gasteiger partial charge in [0, 0.05) is 11.1 Å². The highest BCUT2D eigenvalue weighted by Gasteiger charge is 2.09. The lowest BCUT2D eigenvalue weighted by Gasteiger charge is -2.07. The Hall–Kier alpha value is -4.39. The van der Waals surface area contributed by atoms with E-state index in [1.807, 2.05) is 54.6 Å². The predicted molar refractivity (Wildman–Crippen MR) is 120 cm³/mol. The number of tetrazole rings is 1. The molecule has 0 aliphatic rings. The van der Waals surface area contributed by atoms with Gasteiger partial charge in [0.05, 0.1) is 6.21 Å². The van der Waals surface area contributed by atoms with Crippen molar-refractivity contribution in [3.8, 4) is 11.4 Å². The number of carbonyl (C=O) groups is 1. The van der Waals surface area contributed by atoms with Crippen LogP contribution in [0.4, 0.5) is 0 Å². The predicted octanol–water partition coefficient (Wildman–Crippen LogP) is 3.80. The normalized spacial score (nSPS) is 11.4. The molecule has 0 saturated heterocycles. The highest BCUT2D eigenvalue weighted by Crippen LogP contribution is 2.27. The van der Waals surface area contributed by atoms with E-state index in [2.05, 4.69) is 56.3 Å². The lowest BCUT2D eigenvalue weighted by Crippen LogP contribution is -2.24. The zero-order valence-corrected chi connectivity index (χ0v) is 16.5. The number of nitrogens with zero attached hydrogens (tertiary/aromatic N) is 5. The van der Waals surface area contributed by atoms with Crippen LogP contribution in [0.25, 0.3) is 32.9 Å². The van der Waals surface area contributed by atoms with E-state index in [9.17, 15) is 4.79 Å². The molecule has 150 valence electrons. The average Bonchev–Trinajstić information content (AvgIpc) is 3.27. The van der Waals surface area contributed by atoms with Crippen LogP contribution >= 0.6 is 0 Å². The standard InChI is InChI=1S/C24H18N6O/c31-23(16-30-28-24(27-29-30)17-8-2-1-3-9-17)26-25-15-22-20-12-6-4-10-18(20)14-19-11-5-7-13-21(19)22/h1-15H,16H2,(H,26,31)/b25-15-. The molecule has 0 radical (unpaired) electrons.